The zero-order valence-electron chi connectivity index (χ0n) is 12.5. The third-order valence-corrected chi connectivity index (χ3v) is 5.91. The maximum Gasteiger partial charge on any atom is 0.240 e. The molecule has 0 radical (unpaired) electrons. The summed E-state index contributed by atoms with van der Waals surface area (Å²) in [6.45, 7) is 1.83. The van der Waals surface area contributed by atoms with Gasteiger partial charge in [-0.3, -0.25) is 4.79 Å². The zero-order chi connectivity index (χ0) is 16.9. The molecule has 0 saturated carbocycles. The second kappa shape index (κ2) is 5.33. The summed E-state index contributed by atoms with van der Waals surface area (Å²) >= 11 is 1.27. The molecule has 0 atom stereocenters. The van der Waals surface area contributed by atoms with Crippen LogP contribution in [0.1, 0.15) is 16.4 Å². The fraction of sp³-hybridized carbons (Fsp3) is 0.231. The van der Waals surface area contributed by atoms with Gasteiger partial charge in [-0.15, -0.1) is 10.2 Å². The highest BCUT2D eigenvalue weighted by Gasteiger charge is 2.22. The van der Waals surface area contributed by atoms with E-state index < -0.39 is 10.0 Å². The fourth-order valence-corrected chi connectivity index (χ4v) is 4.39. The highest BCUT2D eigenvalue weighted by atomic mass is 32.2. The Morgan fingerprint density at radius 1 is 1.38 bits per heavy atom. The summed E-state index contributed by atoms with van der Waals surface area (Å²) in [4.78, 5) is 12.1. The number of sulfonamides is 1. The van der Waals surface area contributed by atoms with Crippen molar-refractivity contribution in [1.82, 2.24) is 24.5 Å². The lowest BCUT2D eigenvalue weighted by Crippen LogP contribution is -2.23. The van der Waals surface area contributed by atoms with Crippen LogP contribution in [0.5, 0.6) is 0 Å². The quantitative estimate of drug-likeness (QED) is 0.695. The second-order valence-electron chi connectivity index (χ2n) is 5.31. The Morgan fingerprint density at radius 2 is 2.21 bits per heavy atom. The number of carbonyl (C=O) groups is 1. The van der Waals surface area contributed by atoms with Crippen molar-refractivity contribution < 1.29 is 13.2 Å². The van der Waals surface area contributed by atoms with Gasteiger partial charge in [0, 0.05) is 5.69 Å². The maximum atomic E-state index is 12.4. The third-order valence-electron chi connectivity index (χ3n) is 3.61. The van der Waals surface area contributed by atoms with Crippen LogP contribution in [0.15, 0.2) is 23.1 Å². The van der Waals surface area contributed by atoms with Crippen molar-refractivity contribution in [2.75, 3.05) is 5.32 Å². The standard InChI is InChI=1S/C13H12N6O3S2/c1-7-16-17-13-19(7)18-12(23-13)6-14-24(21,22)9-2-3-10-8(4-9)5-11(20)15-10/h2-4,14H,5-6H2,1H3,(H,15,20). The number of fused-ring (bicyclic) bond motifs is 2. The summed E-state index contributed by atoms with van der Waals surface area (Å²) in [6, 6.07) is 4.58. The molecule has 1 aliphatic rings. The maximum absolute atomic E-state index is 12.4. The van der Waals surface area contributed by atoms with Crippen LogP contribution < -0.4 is 10.0 Å². The molecule has 0 saturated heterocycles. The summed E-state index contributed by atoms with van der Waals surface area (Å²) in [5.41, 5.74) is 1.33. The lowest BCUT2D eigenvalue weighted by Gasteiger charge is -2.06. The number of aryl methyl sites for hydroxylation is 1. The van der Waals surface area contributed by atoms with E-state index in [4.69, 9.17) is 0 Å². The molecular weight excluding hydrogens is 352 g/mol. The van der Waals surface area contributed by atoms with Crippen molar-refractivity contribution in [2.45, 2.75) is 24.8 Å². The monoisotopic (exact) mass is 364 g/mol. The first-order valence-electron chi connectivity index (χ1n) is 7.02. The van der Waals surface area contributed by atoms with Crippen molar-refractivity contribution in [3.8, 4) is 0 Å². The summed E-state index contributed by atoms with van der Waals surface area (Å²) in [6.07, 6.45) is 0.189. The van der Waals surface area contributed by atoms with Gasteiger partial charge in [0.25, 0.3) is 0 Å². The van der Waals surface area contributed by atoms with Crippen LogP contribution in [0.25, 0.3) is 4.96 Å². The average molecular weight is 364 g/mol. The first-order chi connectivity index (χ1) is 11.4. The molecule has 11 heteroatoms. The number of rotatable bonds is 4. The van der Waals surface area contributed by atoms with Crippen LogP contribution in [0.2, 0.25) is 0 Å². The van der Waals surface area contributed by atoms with Crippen LogP contribution in [0, 0.1) is 6.92 Å². The van der Waals surface area contributed by atoms with Gasteiger partial charge < -0.3 is 5.32 Å². The van der Waals surface area contributed by atoms with Gasteiger partial charge in [0.15, 0.2) is 5.82 Å². The third kappa shape index (κ3) is 2.56. The number of nitrogens with one attached hydrogen (secondary N) is 2. The van der Waals surface area contributed by atoms with Crippen molar-refractivity contribution in [2.24, 2.45) is 0 Å². The summed E-state index contributed by atoms with van der Waals surface area (Å²) in [7, 11) is -3.70. The molecule has 0 fully saturated rings. The van der Waals surface area contributed by atoms with E-state index >= 15 is 0 Å². The molecule has 2 aromatic heterocycles. The molecule has 1 aliphatic heterocycles. The number of nitrogens with zero attached hydrogens (tertiary/aromatic N) is 4. The molecule has 124 valence electrons. The Morgan fingerprint density at radius 3 is 3.00 bits per heavy atom. The number of hydrogen-bond acceptors (Lipinski definition) is 7. The van der Waals surface area contributed by atoms with Crippen molar-refractivity contribution in [1.29, 1.82) is 0 Å². The molecule has 24 heavy (non-hydrogen) atoms. The molecule has 0 spiro atoms. The van der Waals surface area contributed by atoms with Gasteiger partial charge in [0.2, 0.25) is 20.9 Å². The number of carbonyl (C=O) groups excluding carboxylic acids is 1. The van der Waals surface area contributed by atoms with Crippen molar-refractivity contribution >= 4 is 37.9 Å². The molecule has 1 amide bonds. The molecule has 0 aliphatic carbocycles. The molecule has 9 nitrogen and oxygen atoms in total. The van der Waals surface area contributed by atoms with Gasteiger partial charge in [-0.05, 0) is 30.7 Å². The molecule has 3 aromatic rings. The van der Waals surface area contributed by atoms with E-state index in [9.17, 15) is 13.2 Å². The number of benzene rings is 1. The Hall–Kier alpha value is -2.37. The first kappa shape index (κ1) is 15.2. The first-order valence-corrected chi connectivity index (χ1v) is 9.32. The van der Waals surface area contributed by atoms with Gasteiger partial charge in [0.1, 0.15) is 5.01 Å². The lowest BCUT2D eigenvalue weighted by atomic mass is 10.2. The van der Waals surface area contributed by atoms with Crippen LogP contribution in [-0.2, 0) is 27.8 Å². The minimum Gasteiger partial charge on any atom is -0.326 e. The molecule has 4 rings (SSSR count). The molecule has 0 unspecified atom stereocenters. The Kier molecular flexibility index (Phi) is 3.37. The van der Waals surface area contributed by atoms with E-state index in [-0.39, 0.29) is 23.8 Å². The van der Waals surface area contributed by atoms with E-state index in [0.717, 1.165) is 0 Å². The number of hydrogen-bond donors (Lipinski definition) is 2. The minimum absolute atomic E-state index is 0.0596. The summed E-state index contributed by atoms with van der Waals surface area (Å²) < 4.78 is 29.0. The largest absolute Gasteiger partial charge is 0.326 e. The molecule has 3 heterocycles. The lowest BCUT2D eigenvalue weighted by molar-refractivity contribution is -0.115. The van der Waals surface area contributed by atoms with Gasteiger partial charge >= 0.3 is 0 Å². The van der Waals surface area contributed by atoms with Gasteiger partial charge in [-0.1, -0.05) is 11.3 Å². The Balaban J connectivity index is 1.55. The minimum atomic E-state index is -3.70. The van der Waals surface area contributed by atoms with E-state index in [2.05, 4.69) is 25.3 Å². The Labute approximate surface area is 140 Å². The van der Waals surface area contributed by atoms with Gasteiger partial charge in [-0.2, -0.15) is 9.61 Å². The summed E-state index contributed by atoms with van der Waals surface area (Å²) in [5, 5.41) is 15.3. The van der Waals surface area contributed by atoms with Crippen molar-refractivity contribution in [3.05, 3.63) is 34.6 Å². The van der Waals surface area contributed by atoms with Crippen molar-refractivity contribution in [3.63, 3.8) is 0 Å². The normalized spacial score (nSPS) is 14.1. The van der Waals surface area contributed by atoms with Crippen LogP contribution in [0.3, 0.4) is 0 Å². The topological polar surface area (TPSA) is 118 Å². The highest BCUT2D eigenvalue weighted by Crippen LogP contribution is 2.25. The second-order valence-corrected chi connectivity index (χ2v) is 8.11. The van der Waals surface area contributed by atoms with E-state index in [0.29, 0.717) is 27.0 Å². The predicted octanol–water partition coefficient (Wildman–Crippen LogP) is 0.467. The number of anilines is 1. The van der Waals surface area contributed by atoms with Crippen LogP contribution >= 0.6 is 11.3 Å². The number of amides is 1. The molecule has 2 N–H and O–H groups in total. The molecular formula is C13H12N6O3S2. The van der Waals surface area contributed by atoms with Gasteiger partial charge in [-0.25, -0.2) is 13.1 Å². The Bertz CT molecular complexity index is 1070. The predicted molar refractivity (Wildman–Crippen MR) is 86.2 cm³/mol. The van der Waals surface area contributed by atoms with Crippen LogP contribution in [0.4, 0.5) is 5.69 Å². The number of aromatic nitrogens is 4. The van der Waals surface area contributed by atoms with Crippen LogP contribution in [-0.4, -0.2) is 34.1 Å². The van der Waals surface area contributed by atoms with E-state index in [1.807, 2.05) is 0 Å². The van der Waals surface area contributed by atoms with E-state index in [1.54, 1.807) is 17.5 Å². The van der Waals surface area contributed by atoms with Gasteiger partial charge in [0.05, 0.1) is 17.9 Å². The van der Waals surface area contributed by atoms with E-state index in [1.165, 1.54) is 23.5 Å². The zero-order valence-corrected chi connectivity index (χ0v) is 14.1. The average Bonchev–Trinajstić information content (AvgIpc) is 3.19. The highest BCUT2D eigenvalue weighted by molar-refractivity contribution is 7.89. The molecule has 0 bridgehead atoms. The SMILES string of the molecule is Cc1nnc2sc(CNS(=O)(=O)c3ccc4c(c3)CC(=O)N4)nn12. The molecule has 1 aromatic carbocycles. The summed E-state index contributed by atoms with van der Waals surface area (Å²) in [5.74, 6) is 0.508. The smallest absolute Gasteiger partial charge is 0.240 e. The fourth-order valence-electron chi connectivity index (χ4n) is 2.44.